The zero-order chi connectivity index (χ0) is 18.7. The highest BCUT2D eigenvalue weighted by Gasteiger charge is 2.59. The van der Waals surface area contributed by atoms with Crippen molar-refractivity contribution in [1.82, 2.24) is 0 Å². The molecule has 140 valence electrons. The van der Waals surface area contributed by atoms with Crippen molar-refractivity contribution in [3.8, 4) is 0 Å². The number of rotatable bonds is 9. The van der Waals surface area contributed by atoms with Crippen LogP contribution in [0, 0.1) is 0 Å². The van der Waals surface area contributed by atoms with E-state index in [-0.39, 0.29) is 0 Å². The van der Waals surface area contributed by atoms with Gasteiger partial charge in [-0.2, -0.15) is 0 Å². The van der Waals surface area contributed by atoms with Gasteiger partial charge >= 0.3 is 0 Å². The molecule has 0 spiro atoms. The fourth-order valence-corrected chi connectivity index (χ4v) is 31.3. The summed E-state index contributed by atoms with van der Waals surface area (Å²) >= 11 is 0. The van der Waals surface area contributed by atoms with Gasteiger partial charge < -0.3 is 0 Å². The first-order valence-corrected chi connectivity index (χ1v) is 15.0. The standard InChI is InChI=1S/C21H48Si2/c1-14-21(22(15(2)3,16(4)5)17(6)7)23(18(8)9,19(10)11)20(12)13/h15-21H,14H2,1-13H3. The minimum atomic E-state index is -1.42. The van der Waals surface area contributed by atoms with E-state index in [0.29, 0.717) is 0 Å². The number of hydrogen-bond donors (Lipinski definition) is 0. The fraction of sp³-hybridized carbons (Fsp3) is 1.00. The van der Waals surface area contributed by atoms with Crippen molar-refractivity contribution in [2.45, 2.75) is 135 Å². The van der Waals surface area contributed by atoms with Crippen LogP contribution in [0.1, 0.15) is 96.4 Å². The SMILES string of the molecule is CCC([Si](C(C)C)(C(C)C)C(C)C)[Si](C(C)C)(C(C)C)C(C)C. The summed E-state index contributed by atoms with van der Waals surface area (Å²) < 4.78 is 0. The summed E-state index contributed by atoms with van der Waals surface area (Å²) in [5.74, 6) is 0. The van der Waals surface area contributed by atoms with Crippen LogP contribution >= 0.6 is 0 Å². The van der Waals surface area contributed by atoms with Crippen molar-refractivity contribution in [1.29, 1.82) is 0 Å². The summed E-state index contributed by atoms with van der Waals surface area (Å²) in [7, 11) is -2.84. The maximum Gasteiger partial charge on any atom is 0.0617 e. The molecule has 0 aromatic carbocycles. The summed E-state index contributed by atoms with van der Waals surface area (Å²) in [6.07, 6.45) is 1.42. The zero-order valence-corrected chi connectivity index (χ0v) is 20.7. The van der Waals surface area contributed by atoms with E-state index in [1.807, 2.05) is 0 Å². The average Bonchev–Trinajstić information content (AvgIpc) is 2.35. The van der Waals surface area contributed by atoms with E-state index < -0.39 is 16.1 Å². The highest BCUT2D eigenvalue weighted by Crippen LogP contribution is 2.61. The Morgan fingerprint density at radius 1 is 0.435 bits per heavy atom. The van der Waals surface area contributed by atoms with Crippen LogP contribution in [0.3, 0.4) is 0 Å². The van der Waals surface area contributed by atoms with Gasteiger partial charge in [0.1, 0.15) is 0 Å². The normalized spacial score (nSPS) is 14.6. The lowest BCUT2D eigenvalue weighted by molar-refractivity contribution is 0.699. The predicted molar refractivity (Wildman–Crippen MR) is 116 cm³/mol. The summed E-state index contributed by atoms with van der Waals surface area (Å²) in [6, 6.07) is 0. The van der Waals surface area contributed by atoms with Crippen LogP contribution in [0.15, 0.2) is 0 Å². The lowest BCUT2D eigenvalue weighted by Gasteiger charge is -2.60. The molecule has 23 heavy (non-hydrogen) atoms. The van der Waals surface area contributed by atoms with Gasteiger partial charge in [-0.15, -0.1) is 0 Å². The minimum Gasteiger partial charge on any atom is -0.0657 e. The highest BCUT2D eigenvalue weighted by molar-refractivity contribution is 7.02. The Balaban J connectivity index is 6.68. The second-order valence-electron chi connectivity index (χ2n) is 9.89. The minimum absolute atomic E-state index is 0.885. The van der Waals surface area contributed by atoms with Crippen molar-refractivity contribution in [2.75, 3.05) is 0 Å². The Bertz CT molecular complexity index is 264. The first-order valence-electron chi connectivity index (χ1n) is 10.4. The Morgan fingerprint density at radius 3 is 0.696 bits per heavy atom. The van der Waals surface area contributed by atoms with Gasteiger partial charge in [-0.25, -0.2) is 0 Å². The second kappa shape index (κ2) is 8.69. The summed E-state index contributed by atoms with van der Waals surface area (Å²) in [5, 5.41) is 1.04. The third-order valence-corrected chi connectivity index (χ3v) is 25.8. The Morgan fingerprint density at radius 2 is 0.609 bits per heavy atom. The van der Waals surface area contributed by atoms with Crippen molar-refractivity contribution in [2.24, 2.45) is 0 Å². The molecule has 0 aromatic heterocycles. The molecule has 0 unspecified atom stereocenters. The fourth-order valence-electron chi connectivity index (χ4n) is 7.55. The molecular weight excluding hydrogens is 308 g/mol. The molecule has 2 heteroatoms. The molecule has 0 aromatic rings. The van der Waals surface area contributed by atoms with Crippen LogP contribution in [0.4, 0.5) is 0 Å². The van der Waals surface area contributed by atoms with Crippen molar-refractivity contribution in [3.63, 3.8) is 0 Å². The maximum absolute atomic E-state index is 2.56. The average molecular weight is 357 g/mol. The molecule has 0 heterocycles. The second-order valence-corrected chi connectivity index (χ2v) is 22.8. The van der Waals surface area contributed by atoms with Gasteiger partial charge in [0.2, 0.25) is 0 Å². The molecule has 0 saturated heterocycles. The van der Waals surface area contributed by atoms with Gasteiger partial charge in [-0.3, -0.25) is 0 Å². The molecule has 0 bridgehead atoms. The predicted octanol–water partition coefficient (Wildman–Crippen LogP) is 8.66. The van der Waals surface area contributed by atoms with E-state index in [1.165, 1.54) is 6.42 Å². The summed E-state index contributed by atoms with van der Waals surface area (Å²) in [4.78, 5) is 0. The molecule has 0 aliphatic rings. The molecular formula is C21H48Si2. The lowest BCUT2D eigenvalue weighted by atomic mass is 10.5. The molecule has 0 fully saturated rings. The summed E-state index contributed by atoms with van der Waals surface area (Å²) in [6.45, 7) is 33.3. The number of hydrogen-bond acceptors (Lipinski definition) is 0. The van der Waals surface area contributed by atoms with Gasteiger partial charge in [-0.05, 0) is 5.16 Å². The summed E-state index contributed by atoms with van der Waals surface area (Å²) in [5.41, 5.74) is 5.31. The quantitative estimate of drug-likeness (QED) is 0.362. The molecule has 0 radical (unpaired) electrons. The van der Waals surface area contributed by atoms with Gasteiger partial charge in [0, 0.05) is 0 Å². The van der Waals surface area contributed by atoms with Crippen LogP contribution in [0.2, 0.25) is 38.4 Å². The lowest BCUT2D eigenvalue weighted by Crippen LogP contribution is -2.62. The van der Waals surface area contributed by atoms with E-state index in [1.54, 1.807) is 0 Å². The zero-order valence-electron chi connectivity index (χ0n) is 18.7. The van der Waals surface area contributed by atoms with Gasteiger partial charge in [0.05, 0.1) is 16.1 Å². The van der Waals surface area contributed by atoms with Gasteiger partial charge in [-0.1, -0.05) is 130 Å². The first-order chi connectivity index (χ1) is 10.4. The van der Waals surface area contributed by atoms with Crippen LogP contribution in [0.5, 0.6) is 0 Å². The Hall–Kier alpha value is 0.434. The smallest absolute Gasteiger partial charge is 0.0617 e. The highest BCUT2D eigenvalue weighted by atomic mass is 28.4. The Kier molecular flexibility index (Phi) is 8.86. The topological polar surface area (TPSA) is 0 Å². The van der Waals surface area contributed by atoms with Crippen LogP contribution in [0.25, 0.3) is 0 Å². The molecule has 0 rings (SSSR count). The molecule has 0 saturated carbocycles. The maximum atomic E-state index is 2.56. The molecule has 0 N–H and O–H groups in total. The van der Waals surface area contributed by atoms with Crippen LogP contribution in [-0.2, 0) is 0 Å². The van der Waals surface area contributed by atoms with E-state index in [2.05, 4.69) is 90.0 Å². The van der Waals surface area contributed by atoms with E-state index in [4.69, 9.17) is 0 Å². The molecule has 0 aliphatic carbocycles. The third kappa shape index (κ3) is 3.68. The van der Waals surface area contributed by atoms with E-state index in [9.17, 15) is 0 Å². The molecule has 0 nitrogen and oxygen atoms in total. The van der Waals surface area contributed by atoms with E-state index in [0.717, 1.165) is 38.4 Å². The van der Waals surface area contributed by atoms with Crippen molar-refractivity contribution < 1.29 is 0 Å². The molecule has 0 aliphatic heterocycles. The molecule has 0 atom stereocenters. The largest absolute Gasteiger partial charge is 0.0657 e. The monoisotopic (exact) mass is 356 g/mol. The van der Waals surface area contributed by atoms with Gasteiger partial charge in [0.25, 0.3) is 0 Å². The molecule has 0 amide bonds. The first kappa shape index (κ1) is 23.4. The third-order valence-electron chi connectivity index (χ3n) is 7.62. The van der Waals surface area contributed by atoms with E-state index >= 15 is 0 Å². The van der Waals surface area contributed by atoms with Crippen LogP contribution in [-0.4, -0.2) is 16.1 Å². The Labute approximate surface area is 151 Å². The van der Waals surface area contributed by atoms with Crippen LogP contribution < -0.4 is 0 Å². The van der Waals surface area contributed by atoms with Crippen molar-refractivity contribution >= 4 is 16.1 Å². The van der Waals surface area contributed by atoms with Gasteiger partial charge in [0.15, 0.2) is 0 Å². The van der Waals surface area contributed by atoms with Crippen molar-refractivity contribution in [3.05, 3.63) is 0 Å².